The average Bonchev–Trinajstić information content (AvgIpc) is 2.04. The molecular formula is C11H15NSi. The minimum Gasteiger partial charge on any atom is -0.198 e. The molecule has 0 saturated heterocycles. The molecule has 0 spiro atoms. The van der Waals surface area contributed by atoms with E-state index in [0.29, 0.717) is 6.42 Å². The van der Waals surface area contributed by atoms with Gasteiger partial charge in [-0.3, -0.25) is 0 Å². The molecule has 0 aliphatic carbocycles. The quantitative estimate of drug-likeness (QED) is 0.655. The molecule has 1 aromatic rings. The lowest BCUT2D eigenvalue weighted by Gasteiger charge is -2.19. The Kier molecular flexibility index (Phi) is 2.89. The fraction of sp³-hybridized carbons (Fsp3) is 0.364. The van der Waals surface area contributed by atoms with Crippen molar-refractivity contribution in [2.45, 2.75) is 26.1 Å². The van der Waals surface area contributed by atoms with Crippen LogP contribution >= 0.6 is 0 Å². The number of nitrogens with zero attached hydrogens (tertiary/aromatic N) is 1. The van der Waals surface area contributed by atoms with Crippen molar-refractivity contribution in [3.05, 3.63) is 29.8 Å². The van der Waals surface area contributed by atoms with E-state index in [9.17, 15) is 0 Å². The summed E-state index contributed by atoms with van der Waals surface area (Å²) in [5.74, 6) is 0. The first-order valence-corrected chi connectivity index (χ1v) is 8.01. The van der Waals surface area contributed by atoms with Gasteiger partial charge in [0, 0.05) is 0 Å². The molecule has 1 nitrogen and oxygen atoms in total. The summed E-state index contributed by atoms with van der Waals surface area (Å²) >= 11 is 0. The smallest absolute Gasteiger partial charge is 0.0780 e. The molecule has 0 heterocycles. The third kappa shape index (κ3) is 2.43. The normalized spacial score (nSPS) is 10.9. The van der Waals surface area contributed by atoms with Crippen LogP contribution in [0.15, 0.2) is 24.3 Å². The second-order valence-corrected chi connectivity index (χ2v) is 9.28. The summed E-state index contributed by atoms with van der Waals surface area (Å²) < 4.78 is 0. The van der Waals surface area contributed by atoms with Gasteiger partial charge in [0.25, 0.3) is 0 Å². The van der Waals surface area contributed by atoms with E-state index in [1.807, 2.05) is 6.07 Å². The number of hydrogen-bond donors (Lipinski definition) is 0. The molecule has 0 radical (unpaired) electrons. The van der Waals surface area contributed by atoms with Crippen LogP contribution in [0.1, 0.15) is 5.56 Å². The van der Waals surface area contributed by atoms with Gasteiger partial charge in [-0.1, -0.05) is 49.1 Å². The first kappa shape index (κ1) is 10.0. The average molecular weight is 189 g/mol. The molecule has 0 fully saturated rings. The molecule has 0 saturated carbocycles. The van der Waals surface area contributed by atoms with Crippen molar-refractivity contribution in [2.75, 3.05) is 0 Å². The first-order chi connectivity index (χ1) is 6.05. The van der Waals surface area contributed by atoms with Crippen LogP contribution in [0.25, 0.3) is 0 Å². The fourth-order valence-corrected chi connectivity index (χ4v) is 3.22. The van der Waals surface area contributed by atoms with E-state index < -0.39 is 8.07 Å². The molecule has 0 N–H and O–H groups in total. The van der Waals surface area contributed by atoms with Crippen molar-refractivity contribution in [3.8, 4) is 6.07 Å². The second kappa shape index (κ2) is 3.76. The minimum absolute atomic E-state index is 0.542. The monoisotopic (exact) mass is 189 g/mol. The van der Waals surface area contributed by atoms with Crippen molar-refractivity contribution in [3.63, 3.8) is 0 Å². The Hall–Kier alpha value is -1.07. The zero-order valence-corrected chi connectivity index (χ0v) is 9.46. The van der Waals surface area contributed by atoms with Crippen molar-refractivity contribution < 1.29 is 0 Å². The van der Waals surface area contributed by atoms with Gasteiger partial charge in [0.05, 0.1) is 20.6 Å². The number of benzene rings is 1. The maximum absolute atomic E-state index is 8.68. The molecule has 2 heteroatoms. The number of nitriles is 1. The van der Waals surface area contributed by atoms with Crippen LogP contribution in [0.2, 0.25) is 19.6 Å². The van der Waals surface area contributed by atoms with Crippen LogP contribution in [0.5, 0.6) is 0 Å². The Balaban J connectivity index is 3.14. The highest BCUT2D eigenvalue weighted by atomic mass is 28.3. The van der Waals surface area contributed by atoms with Crippen LogP contribution in [0.4, 0.5) is 0 Å². The lowest BCUT2D eigenvalue weighted by molar-refractivity contribution is 1.27. The Morgan fingerprint density at radius 3 is 2.38 bits per heavy atom. The summed E-state index contributed by atoms with van der Waals surface area (Å²) in [5.41, 5.74) is 1.21. The second-order valence-electron chi connectivity index (χ2n) is 4.24. The van der Waals surface area contributed by atoms with Crippen molar-refractivity contribution in [2.24, 2.45) is 0 Å². The van der Waals surface area contributed by atoms with Gasteiger partial charge >= 0.3 is 0 Å². The van der Waals surface area contributed by atoms with E-state index in [1.165, 1.54) is 10.8 Å². The Morgan fingerprint density at radius 1 is 1.23 bits per heavy atom. The van der Waals surface area contributed by atoms with E-state index in [4.69, 9.17) is 5.26 Å². The Labute approximate surface area is 81.0 Å². The van der Waals surface area contributed by atoms with E-state index in [0.717, 1.165) is 0 Å². The molecule has 0 bridgehead atoms. The van der Waals surface area contributed by atoms with Crippen LogP contribution < -0.4 is 5.19 Å². The van der Waals surface area contributed by atoms with E-state index in [-0.39, 0.29) is 0 Å². The Bertz CT molecular complexity index is 331. The topological polar surface area (TPSA) is 23.8 Å². The van der Waals surface area contributed by atoms with Gasteiger partial charge in [-0.15, -0.1) is 0 Å². The van der Waals surface area contributed by atoms with Crippen LogP contribution in [-0.2, 0) is 6.42 Å². The van der Waals surface area contributed by atoms with Crippen LogP contribution in [0.3, 0.4) is 0 Å². The van der Waals surface area contributed by atoms with Crippen molar-refractivity contribution in [1.29, 1.82) is 5.26 Å². The van der Waals surface area contributed by atoms with E-state index >= 15 is 0 Å². The highest BCUT2D eigenvalue weighted by Crippen LogP contribution is 2.07. The minimum atomic E-state index is -1.27. The largest absolute Gasteiger partial charge is 0.198 e. The third-order valence-electron chi connectivity index (χ3n) is 2.09. The maximum Gasteiger partial charge on any atom is 0.0780 e. The maximum atomic E-state index is 8.68. The summed E-state index contributed by atoms with van der Waals surface area (Å²) in [7, 11) is -1.27. The first-order valence-electron chi connectivity index (χ1n) is 4.51. The summed E-state index contributed by atoms with van der Waals surface area (Å²) in [5, 5.41) is 10.1. The zero-order valence-electron chi connectivity index (χ0n) is 8.46. The van der Waals surface area contributed by atoms with Crippen molar-refractivity contribution in [1.82, 2.24) is 0 Å². The van der Waals surface area contributed by atoms with Gasteiger partial charge < -0.3 is 0 Å². The molecule has 68 valence electrons. The van der Waals surface area contributed by atoms with Gasteiger partial charge in [-0.25, -0.2) is 0 Å². The molecular weight excluding hydrogens is 174 g/mol. The highest BCUT2D eigenvalue weighted by Gasteiger charge is 2.18. The highest BCUT2D eigenvalue weighted by molar-refractivity contribution is 6.89. The van der Waals surface area contributed by atoms with E-state index in [2.05, 4.69) is 43.9 Å². The lowest BCUT2D eigenvalue weighted by atomic mass is 10.2. The lowest BCUT2D eigenvalue weighted by Crippen LogP contribution is -2.39. The van der Waals surface area contributed by atoms with Gasteiger partial charge in [-0.05, 0) is 5.56 Å². The van der Waals surface area contributed by atoms with Crippen molar-refractivity contribution >= 4 is 13.3 Å². The van der Waals surface area contributed by atoms with Gasteiger partial charge in [-0.2, -0.15) is 5.26 Å². The third-order valence-corrected chi connectivity index (χ3v) is 4.20. The van der Waals surface area contributed by atoms with Crippen LogP contribution in [0, 0.1) is 11.3 Å². The summed E-state index contributed by atoms with van der Waals surface area (Å²) in [6.45, 7) is 6.93. The predicted octanol–water partition coefficient (Wildman–Crippen LogP) is 2.30. The van der Waals surface area contributed by atoms with Gasteiger partial charge in [0.2, 0.25) is 0 Å². The summed E-state index contributed by atoms with van der Waals surface area (Å²) in [4.78, 5) is 0. The molecule has 0 aliphatic rings. The van der Waals surface area contributed by atoms with E-state index in [1.54, 1.807) is 0 Å². The summed E-state index contributed by atoms with van der Waals surface area (Å²) in [6, 6.07) is 10.5. The molecule has 13 heavy (non-hydrogen) atoms. The molecule has 0 aliphatic heterocycles. The number of hydrogen-bond acceptors (Lipinski definition) is 1. The van der Waals surface area contributed by atoms with Crippen LogP contribution in [-0.4, -0.2) is 8.07 Å². The number of rotatable bonds is 2. The SMILES string of the molecule is C[Si](C)(C)c1ccccc1CC#N. The summed E-state index contributed by atoms with van der Waals surface area (Å²) in [6.07, 6.45) is 0.542. The standard InChI is InChI=1S/C11H15NSi/c1-13(2,3)11-7-5-4-6-10(11)8-9-12/h4-7H,8H2,1-3H3. The fourth-order valence-electron chi connectivity index (χ4n) is 1.49. The Morgan fingerprint density at radius 2 is 1.85 bits per heavy atom. The van der Waals surface area contributed by atoms with Gasteiger partial charge in [0.1, 0.15) is 0 Å². The van der Waals surface area contributed by atoms with Gasteiger partial charge in [0.15, 0.2) is 0 Å². The molecule has 0 amide bonds. The molecule has 0 aromatic heterocycles. The molecule has 1 rings (SSSR count). The predicted molar refractivity (Wildman–Crippen MR) is 58.7 cm³/mol. The molecule has 0 unspecified atom stereocenters. The zero-order chi connectivity index (χ0) is 9.90. The molecule has 0 atom stereocenters. The molecule has 1 aromatic carbocycles.